The van der Waals surface area contributed by atoms with Gasteiger partial charge in [-0.1, -0.05) is 12.1 Å². The van der Waals surface area contributed by atoms with Crippen LogP contribution < -0.4 is 10.0 Å². The Morgan fingerprint density at radius 3 is 2.54 bits per heavy atom. The highest BCUT2D eigenvalue weighted by Gasteiger charge is 2.20. The fourth-order valence-electron chi connectivity index (χ4n) is 1.73. The highest BCUT2D eigenvalue weighted by molar-refractivity contribution is 7.89. The van der Waals surface area contributed by atoms with Gasteiger partial charge in [-0.05, 0) is 44.0 Å². The van der Waals surface area contributed by atoms with Crippen LogP contribution in [-0.2, 0) is 24.3 Å². The predicted molar refractivity (Wildman–Crippen MR) is 89.9 cm³/mol. The number of benzene rings is 1. The largest absolute Gasteiger partial charge is 0.452 e. The number of nitrogens with one attached hydrogen (secondary N) is 2. The zero-order valence-corrected chi connectivity index (χ0v) is 14.8. The minimum absolute atomic E-state index is 0.0650. The van der Waals surface area contributed by atoms with Gasteiger partial charge < -0.3 is 10.1 Å². The second kappa shape index (κ2) is 8.60. The summed E-state index contributed by atoms with van der Waals surface area (Å²) in [5.41, 5.74) is 1.79. The zero-order valence-electron chi connectivity index (χ0n) is 14.0. The number of amides is 1. The van der Waals surface area contributed by atoms with E-state index in [0.29, 0.717) is 0 Å². The molecule has 0 saturated heterocycles. The number of sulfonamides is 1. The van der Waals surface area contributed by atoms with Crippen molar-refractivity contribution in [3.63, 3.8) is 0 Å². The van der Waals surface area contributed by atoms with Crippen LogP contribution in [0.3, 0.4) is 0 Å². The van der Waals surface area contributed by atoms with Crippen molar-refractivity contribution < 1.29 is 22.7 Å². The first kappa shape index (κ1) is 19.9. The number of rotatable bonds is 8. The van der Waals surface area contributed by atoms with Crippen LogP contribution in [0.1, 0.15) is 18.1 Å². The van der Waals surface area contributed by atoms with Crippen molar-refractivity contribution in [1.29, 1.82) is 0 Å². The van der Waals surface area contributed by atoms with E-state index in [0.717, 1.165) is 11.1 Å². The maximum absolute atomic E-state index is 12.2. The van der Waals surface area contributed by atoms with Crippen molar-refractivity contribution in [2.24, 2.45) is 0 Å². The lowest BCUT2D eigenvalue weighted by Gasteiger charge is -2.13. The molecule has 1 unspecified atom stereocenters. The molecule has 1 aromatic rings. The van der Waals surface area contributed by atoms with Crippen molar-refractivity contribution in [1.82, 2.24) is 10.0 Å². The summed E-state index contributed by atoms with van der Waals surface area (Å²) in [7, 11) is -3.83. The molecule has 0 spiro atoms. The summed E-state index contributed by atoms with van der Waals surface area (Å²) in [4.78, 5) is 23.3. The molecule has 1 rings (SSSR count). The highest BCUT2D eigenvalue weighted by Crippen LogP contribution is 2.14. The Balaban J connectivity index is 2.60. The van der Waals surface area contributed by atoms with Gasteiger partial charge in [0.2, 0.25) is 10.0 Å². The van der Waals surface area contributed by atoms with E-state index < -0.39 is 34.5 Å². The van der Waals surface area contributed by atoms with Gasteiger partial charge in [-0.3, -0.25) is 9.59 Å². The molecule has 1 atom stereocenters. The lowest BCUT2D eigenvalue weighted by Crippen LogP contribution is -2.38. The van der Waals surface area contributed by atoms with Crippen LogP contribution in [0.15, 0.2) is 35.7 Å². The number of aryl methyl sites for hydroxylation is 2. The summed E-state index contributed by atoms with van der Waals surface area (Å²) < 4.78 is 31.3. The summed E-state index contributed by atoms with van der Waals surface area (Å²) in [6.07, 6.45) is 0.466. The van der Waals surface area contributed by atoms with E-state index in [1.165, 1.54) is 25.1 Å². The van der Waals surface area contributed by atoms with Gasteiger partial charge in [0.05, 0.1) is 4.90 Å². The third-order valence-corrected chi connectivity index (χ3v) is 4.69. The van der Waals surface area contributed by atoms with Gasteiger partial charge in [0.15, 0.2) is 6.10 Å². The van der Waals surface area contributed by atoms with Gasteiger partial charge in [-0.2, -0.15) is 4.72 Å². The number of hydrogen-bond acceptors (Lipinski definition) is 5. The summed E-state index contributed by atoms with van der Waals surface area (Å²) in [6, 6.07) is 4.67. The summed E-state index contributed by atoms with van der Waals surface area (Å²) >= 11 is 0. The van der Waals surface area contributed by atoms with Crippen LogP contribution in [0.4, 0.5) is 0 Å². The van der Waals surface area contributed by atoms with E-state index in [1.807, 2.05) is 6.92 Å². The maximum Gasteiger partial charge on any atom is 0.321 e. The Morgan fingerprint density at radius 2 is 1.96 bits per heavy atom. The molecule has 0 aromatic heterocycles. The predicted octanol–water partition coefficient (Wildman–Crippen LogP) is 0.816. The topological polar surface area (TPSA) is 102 Å². The van der Waals surface area contributed by atoms with Gasteiger partial charge in [-0.15, -0.1) is 6.58 Å². The number of carbonyl (C=O) groups excluding carboxylic acids is 2. The monoisotopic (exact) mass is 354 g/mol. The molecule has 0 aliphatic carbocycles. The smallest absolute Gasteiger partial charge is 0.321 e. The van der Waals surface area contributed by atoms with E-state index in [2.05, 4.69) is 16.6 Å². The van der Waals surface area contributed by atoms with Crippen LogP contribution in [0.5, 0.6) is 0 Å². The van der Waals surface area contributed by atoms with Crippen LogP contribution in [0, 0.1) is 13.8 Å². The molecule has 24 heavy (non-hydrogen) atoms. The molecule has 0 aliphatic heterocycles. The Morgan fingerprint density at radius 1 is 1.29 bits per heavy atom. The summed E-state index contributed by atoms with van der Waals surface area (Å²) in [5, 5.41) is 2.47. The number of hydrogen-bond donors (Lipinski definition) is 2. The fraction of sp³-hybridized carbons (Fsp3) is 0.375. The molecule has 0 aliphatic rings. The molecule has 1 amide bonds. The number of esters is 1. The van der Waals surface area contributed by atoms with E-state index in [1.54, 1.807) is 13.0 Å². The first-order valence-electron chi connectivity index (χ1n) is 7.32. The van der Waals surface area contributed by atoms with Crippen molar-refractivity contribution in [2.45, 2.75) is 31.8 Å². The van der Waals surface area contributed by atoms with E-state index in [9.17, 15) is 18.0 Å². The molecule has 0 heterocycles. The third kappa shape index (κ3) is 5.78. The maximum atomic E-state index is 12.2. The average Bonchev–Trinajstić information content (AvgIpc) is 2.53. The fourth-order valence-corrected chi connectivity index (χ4v) is 2.78. The van der Waals surface area contributed by atoms with Crippen molar-refractivity contribution in [2.75, 3.05) is 13.1 Å². The molecule has 7 nitrogen and oxygen atoms in total. The van der Waals surface area contributed by atoms with E-state index >= 15 is 0 Å². The quantitative estimate of drug-likeness (QED) is 0.531. The Hall–Kier alpha value is -2.19. The average molecular weight is 354 g/mol. The van der Waals surface area contributed by atoms with Crippen LogP contribution >= 0.6 is 0 Å². The lowest BCUT2D eigenvalue weighted by molar-refractivity contribution is -0.153. The first-order chi connectivity index (χ1) is 11.2. The van der Waals surface area contributed by atoms with Crippen LogP contribution in [-0.4, -0.2) is 39.5 Å². The van der Waals surface area contributed by atoms with Crippen LogP contribution in [0.25, 0.3) is 0 Å². The van der Waals surface area contributed by atoms with Gasteiger partial charge in [-0.25, -0.2) is 8.42 Å². The van der Waals surface area contributed by atoms with E-state index in [-0.39, 0.29) is 11.4 Å². The van der Waals surface area contributed by atoms with Crippen molar-refractivity contribution in [3.05, 3.63) is 42.0 Å². The number of ether oxygens (including phenoxy) is 1. The molecule has 2 N–H and O–H groups in total. The molecule has 132 valence electrons. The van der Waals surface area contributed by atoms with Crippen molar-refractivity contribution in [3.8, 4) is 0 Å². The Bertz CT molecular complexity index is 728. The van der Waals surface area contributed by atoms with Gasteiger partial charge in [0.1, 0.15) is 6.54 Å². The zero-order chi connectivity index (χ0) is 18.3. The molecule has 0 radical (unpaired) electrons. The standard InChI is InChI=1S/C16H22N2O5S/c1-5-8-17-16(20)13(4)23-15(19)10-18-24(21,22)14-7-6-11(2)12(3)9-14/h5-7,9,13,18H,1,8,10H2,2-4H3,(H,17,20). The molecule has 0 bridgehead atoms. The second-order valence-electron chi connectivity index (χ2n) is 5.24. The van der Waals surface area contributed by atoms with Gasteiger partial charge in [0, 0.05) is 6.54 Å². The van der Waals surface area contributed by atoms with Gasteiger partial charge >= 0.3 is 5.97 Å². The lowest BCUT2D eigenvalue weighted by atomic mass is 10.1. The van der Waals surface area contributed by atoms with E-state index in [4.69, 9.17) is 4.74 Å². The second-order valence-corrected chi connectivity index (χ2v) is 7.00. The SMILES string of the molecule is C=CCNC(=O)C(C)OC(=O)CNS(=O)(=O)c1ccc(C)c(C)c1. The highest BCUT2D eigenvalue weighted by atomic mass is 32.2. The minimum Gasteiger partial charge on any atom is -0.452 e. The molecular formula is C16H22N2O5S. The molecule has 0 saturated carbocycles. The molecule has 1 aromatic carbocycles. The molecular weight excluding hydrogens is 332 g/mol. The molecule has 8 heteroatoms. The summed E-state index contributed by atoms with van der Waals surface area (Å²) in [6.45, 7) is 8.20. The number of carbonyl (C=O) groups is 2. The van der Waals surface area contributed by atoms with Gasteiger partial charge in [0.25, 0.3) is 5.91 Å². The normalized spacial score (nSPS) is 12.3. The first-order valence-corrected chi connectivity index (χ1v) is 8.80. The molecule has 0 fully saturated rings. The Labute approximate surface area is 142 Å². The minimum atomic E-state index is -3.83. The van der Waals surface area contributed by atoms with Crippen molar-refractivity contribution >= 4 is 21.9 Å². The third-order valence-electron chi connectivity index (χ3n) is 3.29. The Kier molecular flexibility index (Phi) is 7.12. The van der Waals surface area contributed by atoms with Crippen LogP contribution in [0.2, 0.25) is 0 Å². The summed E-state index contributed by atoms with van der Waals surface area (Å²) in [5.74, 6) is -1.33.